The van der Waals surface area contributed by atoms with Gasteiger partial charge in [0.15, 0.2) is 23.3 Å². The van der Waals surface area contributed by atoms with Crippen molar-refractivity contribution in [1.29, 1.82) is 0 Å². The molecule has 8 bridgehead atoms. The molecule has 16 heteroatoms. The van der Waals surface area contributed by atoms with Crippen molar-refractivity contribution in [3.05, 3.63) is 44.5 Å². The van der Waals surface area contributed by atoms with Gasteiger partial charge in [-0.15, -0.1) is 94.1 Å². The number of nitrogens with zero attached hydrogens (tertiary/aromatic N) is 6. The summed E-state index contributed by atoms with van der Waals surface area (Å²) in [6.07, 6.45) is 24.3. The molecular weight excluding hydrogens is 1040 g/mol. The third-order valence-electron chi connectivity index (χ3n) is 14.5. The van der Waals surface area contributed by atoms with Crippen LogP contribution in [0.15, 0.2) is 39.2 Å². The van der Waals surface area contributed by atoms with Gasteiger partial charge in [0.1, 0.15) is 22.6 Å². The van der Waals surface area contributed by atoms with E-state index in [2.05, 4.69) is 115 Å². The molecule has 5 heterocycles. The van der Waals surface area contributed by atoms with E-state index in [9.17, 15) is 0 Å². The van der Waals surface area contributed by atoms with Crippen LogP contribution >= 0.6 is 94.1 Å². The van der Waals surface area contributed by atoms with Crippen molar-refractivity contribution in [2.75, 3.05) is 50.0 Å². The molecule has 0 aliphatic carbocycles. The summed E-state index contributed by atoms with van der Waals surface area (Å²) in [5.74, 6) is 2.76. The number of hydrogen-bond acceptors (Lipinski definition) is 14. The van der Waals surface area contributed by atoms with Gasteiger partial charge in [-0.3, -0.25) is 0 Å². The van der Waals surface area contributed by atoms with Crippen LogP contribution in [0.5, 0.6) is 0 Å². The third kappa shape index (κ3) is 8.18. The van der Waals surface area contributed by atoms with E-state index in [0.717, 1.165) is 118 Å². The van der Waals surface area contributed by atoms with Gasteiger partial charge in [-0.1, -0.05) is 55.4 Å². The highest BCUT2D eigenvalue weighted by Gasteiger charge is 2.34. The van der Waals surface area contributed by atoms with Crippen LogP contribution in [0.3, 0.4) is 0 Å². The predicted octanol–water partition coefficient (Wildman–Crippen LogP) is 17.1. The van der Waals surface area contributed by atoms with Crippen molar-refractivity contribution < 1.29 is 0 Å². The molecule has 3 aromatic heterocycles. The van der Waals surface area contributed by atoms with Crippen molar-refractivity contribution in [1.82, 2.24) is 39.9 Å². The van der Waals surface area contributed by atoms with E-state index in [1.165, 1.54) is 83.7 Å². The van der Waals surface area contributed by atoms with Gasteiger partial charge in [0.05, 0.1) is 0 Å². The quantitative estimate of drug-likeness (QED) is 0.0896. The zero-order valence-electron chi connectivity index (χ0n) is 44.6. The molecule has 2 aliphatic heterocycles. The molecule has 7 aromatic rings. The van der Waals surface area contributed by atoms with Crippen molar-refractivity contribution in [2.24, 2.45) is 0 Å². The zero-order chi connectivity index (χ0) is 51.4. The fourth-order valence-electron chi connectivity index (χ4n) is 11.7. The highest BCUT2D eigenvalue weighted by molar-refractivity contribution is 8.03. The van der Waals surface area contributed by atoms with Crippen LogP contribution in [-0.2, 0) is 51.4 Å². The molecule has 0 radical (unpaired) electrons. The van der Waals surface area contributed by atoms with Gasteiger partial charge < -0.3 is 9.97 Å². The molecule has 8 nitrogen and oxygen atoms in total. The number of rotatable bonds is 16. The summed E-state index contributed by atoms with van der Waals surface area (Å²) in [6.45, 7) is 18.2. The van der Waals surface area contributed by atoms with Gasteiger partial charge >= 0.3 is 0 Å². The molecule has 9 rings (SSSR count). The summed E-state index contributed by atoms with van der Waals surface area (Å²) in [5, 5.41) is 4.45. The number of fused-ring (bicyclic) bond motifs is 20. The van der Waals surface area contributed by atoms with E-state index in [1.807, 2.05) is 94.1 Å². The van der Waals surface area contributed by atoms with E-state index in [0.29, 0.717) is 23.3 Å². The summed E-state index contributed by atoms with van der Waals surface area (Å²) in [4.78, 5) is 53.0. The molecular formula is C56H66N8S8. The number of aromatic nitrogens is 8. The lowest BCUT2D eigenvalue weighted by atomic mass is 9.93. The fraction of sp³-hybridized carbons (Fsp3) is 0.429. The molecule has 72 heavy (non-hydrogen) atoms. The monoisotopic (exact) mass is 1110 g/mol. The van der Waals surface area contributed by atoms with Gasteiger partial charge in [0, 0.05) is 83.0 Å². The minimum atomic E-state index is 0.689. The van der Waals surface area contributed by atoms with Gasteiger partial charge in [-0.05, 0) is 146 Å². The Bertz CT molecular complexity index is 3070. The lowest BCUT2D eigenvalue weighted by Crippen LogP contribution is -2.01. The van der Waals surface area contributed by atoms with Crippen molar-refractivity contribution in [3.8, 4) is 45.6 Å². The molecule has 0 saturated heterocycles. The highest BCUT2D eigenvalue weighted by Crippen LogP contribution is 2.53. The van der Waals surface area contributed by atoms with Crippen LogP contribution < -0.4 is 0 Å². The van der Waals surface area contributed by atoms with Gasteiger partial charge in [-0.2, -0.15) is 0 Å². The standard InChI is InChI=1S/C56H66N8S8/c1-17-25-33-34(26(18-2)42(66-10)41(25)65-9)50-57-49(33)61-51-35-27(19-3)43(67-11)44(68-12)28(20-4)36(35)53(58-51)63-55-39-31(23-7)47(71-15)48(72-16)32(24-8)40(39)56(60-55)64-54-38-30(22-6)46(70-14)45(69-13)29(21-5)37(38)52(59-54)62-50/h17-24H2,1-16H3,(H2,57,58,59,60,61,62,63,64). The van der Waals surface area contributed by atoms with Crippen LogP contribution in [0.2, 0.25) is 0 Å². The van der Waals surface area contributed by atoms with E-state index in [4.69, 9.17) is 29.9 Å². The summed E-state index contributed by atoms with van der Waals surface area (Å²) < 4.78 is 0. The highest BCUT2D eigenvalue weighted by atomic mass is 32.2. The van der Waals surface area contributed by atoms with Crippen LogP contribution in [0.1, 0.15) is 99.9 Å². The predicted molar refractivity (Wildman–Crippen MR) is 325 cm³/mol. The Balaban J connectivity index is 1.67. The molecule has 378 valence electrons. The van der Waals surface area contributed by atoms with Crippen LogP contribution in [-0.4, -0.2) is 89.9 Å². The Hall–Kier alpha value is -2.96. The lowest BCUT2D eigenvalue weighted by Gasteiger charge is -2.20. The number of aryl methyl sites for hydroxylation is 4. The number of H-pyrrole nitrogens is 2. The van der Waals surface area contributed by atoms with Gasteiger partial charge in [-0.25, -0.2) is 29.9 Å². The molecule has 4 aromatic carbocycles. The first-order valence-corrected chi connectivity index (χ1v) is 34.9. The second-order valence-electron chi connectivity index (χ2n) is 17.5. The average molecular weight is 1110 g/mol. The number of nitrogens with one attached hydrogen (secondary N) is 2. The minimum Gasteiger partial charge on any atom is -0.324 e. The Labute approximate surface area is 460 Å². The van der Waals surface area contributed by atoms with Crippen LogP contribution in [0.4, 0.5) is 0 Å². The normalized spacial score (nSPS) is 12.2. The Kier molecular flexibility index (Phi) is 16.7. The first-order valence-electron chi connectivity index (χ1n) is 25.1. The molecule has 2 aliphatic rings. The molecule has 0 fully saturated rings. The van der Waals surface area contributed by atoms with Crippen molar-refractivity contribution in [3.63, 3.8) is 0 Å². The zero-order valence-corrected chi connectivity index (χ0v) is 51.1. The number of aromatic amines is 2. The Morgan fingerprint density at radius 2 is 0.417 bits per heavy atom. The first-order chi connectivity index (χ1) is 35.0. The van der Waals surface area contributed by atoms with Crippen LogP contribution in [0, 0.1) is 0 Å². The number of thioether (sulfide) groups is 8. The van der Waals surface area contributed by atoms with Gasteiger partial charge in [0.2, 0.25) is 0 Å². The van der Waals surface area contributed by atoms with E-state index >= 15 is 0 Å². The maximum Gasteiger partial charge on any atom is 0.165 e. The smallest absolute Gasteiger partial charge is 0.165 e. The molecule has 0 unspecified atom stereocenters. The number of hydrogen-bond donors (Lipinski definition) is 2. The van der Waals surface area contributed by atoms with E-state index in [1.54, 1.807) is 0 Å². The summed E-state index contributed by atoms with van der Waals surface area (Å²) in [7, 11) is 0. The van der Waals surface area contributed by atoms with Gasteiger partial charge in [0.25, 0.3) is 0 Å². The molecule has 0 spiro atoms. The number of benzene rings is 4. The molecule has 0 amide bonds. The Morgan fingerprint density at radius 3 is 0.569 bits per heavy atom. The average Bonchev–Trinajstić information content (AvgIpc) is 4.15. The minimum absolute atomic E-state index is 0.689. The fourth-order valence-corrected chi connectivity index (χ4v) is 20.1. The topological polar surface area (TPSA) is 109 Å². The summed E-state index contributed by atoms with van der Waals surface area (Å²) in [5.41, 5.74) is 17.6. The lowest BCUT2D eigenvalue weighted by molar-refractivity contribution is 0.984. The third-order valence-corrected chi connectivity index (χ3v) is 21.9. The SMILES string of the molecule is CCc1c(SC)c(SC)c(CC)c2c1-c1nc-2nc2[nH]c(nc3nc(nc4[nH]c(n1)c1c(CC)c(SC)c(SC)c(CC)c41)-c1c(CC)c(SC)c(SC)c(CC)c1-3)c1c(CC)c(SC)c(SC)c(CC)c21. The maximum atomic E-state index is 5.82. The second-order valence-corrected chi connectivity index (χ2v) is 24.1. The van der Waals surface area contributed by atoms with E-state index in [-0.39, 0.29) is 0 Å². The van der Waals surface area contributed by atoms with Crippen molar-refractivity contribution in [2.45, 2.75) is 146 Å². The molecule has 0 atom stereocenters. The van der Waals surface area contributed by atoms with Crippen molar-refractivity contribution >= 4 is 138 Å². The summed E-state index contributed by atoms with van der Waals surface area (Å²) in [6, 6.07) is 0. The second kappa shape index (κ2) is 22.3. The summed E-state index contributed by atoms with van der Waals surface area (Å²) >= 11 is 14.7. The first kappa shape index (κ1) is 53.9. The van der Waals surface area contributed by atoms with Crippen LogP contribution in [0.25, 0.3) is 89.7 Å². The molecule has 0 saturated carbocycles. The Morgan fingerprint density at radius 1 is 0.250 bits per heavy atom. The van der Waals surface area contributed by atoms with E-state index < -0.39 is 0 Å². The molecule has 2 N–H and O–H groups in total. The largest absolute Gasteiger partial charge is 0.324 e. The maximum absolute atomic E-state index is 5.82.